The molecule has 1 aliphatic heterocycles. The topological polar surface area (TPSA) is 69.9 Å². The van der Waals surface area contributed by atoms with Crippen LogP contribution in [0.1, 0.15) is 113 Å². The lowest BCUT2D eigenvalue weighted by Crippen LogP contribution is -2.56. The van der Waals surface area contributed by atoms with Crippen LogP contribution < -0.4 is 0 Å². The number of rotatable bonds is 3. The van der Waals surface area contributed by atoms with Gasteiger partial charge >= 0.3 is 0 Å². The standard InChI is InChI=1S/C30H52O4/c1-19-9-10-22-21(13-17-29(22,7)32)26(2,3)20(19)11-12-23-28(6)16-14-24(31)27(4,5)34-25(28)15-18-30(23,8)33/h9,20-25,31-33H,10-18H2,1-8H3/t20-,21+,22+,23+,24+,25-,28+,29+,30+/m1/s1. The molecule has 0 aromatic rings. The monoisotopic (exact) mass is 476 g/mol. The molecule has 3 fully saturated rings. The van der Waals surface area contributed by atoms with Crippen molar-refractivity contribution in [2.45, 2.75) is 142 Å². The number of ether oxygens (including phenoxy) is 1. The van der Waals surface area contributed by atoms with Gasteiger partial charge in [-0.05, 0) is 127 Å². The molecule has 0 aromatic carbocycles. The minimum Gasteiger partial charge on any atom is -0.390 e. The summed E-state index contributed by atoms with van der Waals surface area (Å²) < 4.78 is 6.59. The van der Waals surface area contributed by atoms with Gasteiger partial charge in [0.1, 0.15) is 0 Å². The Morgan fingerprint density at radius 1 is 0.853 bits per heavy atom. The Kier molecular flexibility index (Phi) is 6.71. The van der Waals surface area contributed by atoms with Gasteiger partial charge in [0.15, 0.2) is 0 Å². The molecule has 0 spiro atoms. The fourth-order valence-electron chi connectivity index (χ4n) is 9.08. The number of hydrogen-bond donors (Lipinski definition) is 3. The number of aliphatic hydroxyl groups is 3. The number of aliphatic hydroxyl groups excluding tert-OH is 1. The molecule has 1 heterocycles. The molecule has 4 aliphatic rings. The Labute approximate surface area is 208 Å². The number of hydrogen-bond acceptors (Lipinski definition) is 4. The van der Waals surface area contributed by atoms with E-state index in [1.54, 1.807) is 0 Å². The molecular weight excluding hydrogens is 424 g/mol. The van der Waals surface area contributed by atoms with Crippen LogP contribution in [0.4, 0.5) is 0 Å². The maximum Gasteiger partial charge on any atom is 0.0888 e. The van der Waals surface area contributed by atoms with Gasteiger partial charge in [0.2, 0.25) is 0 Å². The summed E-state index contributed by atoms with van der Waals surface area (Å²) >= 11 is 0. The Bertz CT molecular complexity index is 794. The van der Waals surface area contributed by atoms with E-state index in [9.17, 15) is 15.3 Å². The summed E-state index contributed by atoms with van der Waals surface area (Å²) in [6.45, 7) is 17.6. The third kappa shape index (κ3) is 4.33. The molecule has 3 aliphatic carbocycles. The average Bonchev–Trinajstić information content (AvgIpc) is 2.93. The van der Waals surface area contributed by atoms with Crippen LogP contribution in [0.15, 0.2) is 11.6 Å². The summed E-state index contributed by atoms with van der Waals surface area (Å²) in [6, 6.07) is 0. The summed E-state index contributed by atoms with van der Waals surface area (Å²) in [7, 11) is 0. The maximum absolute atomic E-state index is 11.7. The van der Waals surface area contributed by atoms with Gasteiger partial charge < -0.3 is 20.1 Å². The van der Waals surface area contributed by atoms with Gasteiger partial charge in [-0.25, -0.2) is 0 Å². The van der Waals surface area contributed by atoms with E-state index >= 15 is 0 Å². The van der Waals surface area contributed by atoms with E-state index in [2.05, 4.69) is 33.8 Å². The van der Waals surface area contributed by atoms with Gasteiger partial charge in [-0.15, -0.1) is 0 Å². The molecule has 0 amide bonds. The lowest BCUT2D eigenvalue weighted by atomic mass is 9.55. The highest BCUT2D eigenvalue weighted by molar-refractivity contribution is 5.17. The van der Waals surface area contributed by atoms with Crippen molar-refractivity contribution in [3.05, 3.63) is 11.6 Å². The van der Waals surface area contributed by atoms with E-state index in [1.807, 2.05) is 27.7 Å². The van der Waals surface area contributed by atoms with Gasteiger partial charge in [0, 0.05) is 0 Å². The molecular formula is C30H52O4. The highest BCUT2D eigenvalue weighted by atomic mass is 16.5. The van der Waals surface area contributed by atoms with Crippen LogP contribution >= 0.6 is 0 Å². The molecule has 4 rings (SSSR count). The lowest BCUT2D eigenvalue weighted by Gasteiger charge is -2.54. The highest BCUT2D eigenvalue weighted by Gasteiger charge is 2.57. The van der Waals surface area contributed by atoms with E-state index < -0.39 is 22.9 Å². The summed E-state index contributed by atoms with van der Waals surface area (Å²) in [4.78, 5) is 0. The normalized spacial score (nSPS) is 50.5. The zero-order chi connectivity index (χ0) is 25.3. The Hall–Kier alpha value is -0.420. The first kappa shape index (κ1) is 26.6. The van der Waals surface area contributed by atoms with E-state index in [4.69, 9.17) is 4.74 Å². The van der Waals surface area contributed by atoms with Crippen molar-refractivity contribution < 1.29 is 20.1 Å². The molecule has 196 valence electrons. The van der Waals surface area contributed by atoms with Gasteiger partial charge in [-0.2, -0.15) is 0 Å². The Morgan fingerprint density at radius 3 is 2.18 bits per heavy atom. The molecule has 1 saturated heterocycles. The van der Waals surface area contributed by atoms with Crippen LogP contribution in [-0.2, 0) is 4.74 Å². The molecule has 0 unspecified atom stereocenters. The van der Waals surface area contributed by atoms with Gasteiger partial charge in [0.05, 0.1) is 29.0 Å². The van der Waals surface area contributed by atoms with Crippen molar-refractivity contribution >= 4 is 0 Å². The molecule has 2 saturated carbocycles. The second kappa shape index (κ2) is 8.57. The molecule has 9 atom stereocenters. The van der Waals surface area contributed by atoms with E-state index in [0.29, 0.717) is 17.8 Å². The summed E-state index contributed by atoms with van der Waals surface area (Å²) in [5.41, 5.74) is -0.412. The van der Waals surface area contributed by atoms with Crippen molar-refractivity contribution in [3.8, 4) is 0 Å². The van der Waals surface area contributed by atoms with Crippen LogP contribution in [0.2, 0.25) is 0 Å². The first-order chi connectivity index (χ1) is 15.5. The van der Waals surface area contributed by atoms with Gasteiger partial charge in [-0.1, -0.05) is 32.4 Å². The predicted molar refractivity (Wildman–Crippen MR) is 137 cm³/mol. The number of allylic oxidation sites excluding steroid dienone is 2. The molecule has 3 N–H and O–H groups in total. The molecule has 0 aromatic heterocycles. The Morgan fingerprint density at radius 2 is 1.50 bits per heavy atom. The average molecular weight is 477 g/mol. The summed E-state index contributed by atoms with van der Waals surface area (Å²) in [5, 5.41) is 33.5. The van der Waals surface area contributed by atoms with Crippen LogP contribution in [0, 0.1) is 34.5 Å². The van der Waals surface area contributed by atoms with Gasteiger partial charge in [-0.3, -0.25) is 0 Å². The highest BCUT2D eigenvalue weighted by Crippen LogP contribution is 2.59. The molecule has 0 bridgehead atoms. The smallest absolute Gasteiger partial charge is 0.0888 e. The second-order valence-corrected chi connectivity index (χ2v) is 14.5. The zero-order valence-corrected chi connectivity index (χ0v) is 23.2. The fraction of sp³-hybridized carbons (Fsp3) is 0.933. The number of fused-ring (bicyclic) bond motifs is 2. The van der Waals surface area contributed by atoms with Crippen molar-refractivity contribution in [1.29, 1.82) is 0 Å². The van der Waals surface area contributed by atoms with Crippen molar-refractivity contribution in [2.24, 2.45) is 34.5 Å². The molecule has 4 nitrogen and oxygen atoms in total. The molecule has 4 heteroatoms. The Balaban J connectivity index is 1.59. The largest absolute Gasteiger partial charge is 0.390 e. The van der Waals surface area contributed by atoms with E-state index in [-0.39, 0.29) is 22.9 Å². The predicted octanol–water partition coefficient (Wildman–Crippen LogP) is 6.02. The SMILES string of the molecule is CC1=CC[C@H]2[C@H](CC[C@]2(C)O)C(C)(C)[C@@H]1CC[C@H]1[C@]2(C)CC[C@H](O)C(C)(C)O[C@@H]2CC[C@]1(C)O. The van der Waals surface area contributed by atoms with Gasteiger partial charge in [0.25, 0.3) is 0 Å². The van der Waals surface area contributed by atoms with E-state index in [0.717, 1.165) is 57.8 Å². The van der Waals surface area contributed by atoms with Crippen LogP contribution in [0.5, 0.6) is 0 Å². The minimum atomic E-state index is -0.722. The first-order valence-corrected chi connectivity index (χ1v) is 14.0. The van der Waals surface area contributed by atoms with Crippen LogP contribution in [0.25, 0.3) is 0 Å². The quantitative estimate of drug-likeness (QED) is 0.436. The molecule has 0 radical (unpaired) electrons. The first-order valence-electron chi connectivity index (χ1n) is 14.0. The third-order valence-corrected chi connectivity index (χ3v) is 11.5. The van der Waals surface area contributed by atoms with E-state index in [1.165, 1.54) is 5.57 Å². The zero-order valence-electron chi connectivity index (χ0n) is 23.2. The summed E-state index contributed by atoms with van der Waals surface area (Å²) in [6.07, 6.45) is 10.2. The van der Waals surface area contributed by atoms with Crippen molar-refractivity contribution in [2.75, 3.05) is 0 Å². The van der Waals surface area contributed by atoms with Crippen LogP contribution in [-0.4, -0.2) is 44.3 Å². The fourth-order valence-corrected chi connectivity index (χ4v) is 9.08. The third-order valence-electron chi connectivity index (χ3n) is 11.5. The lowest BCUT2D eigenvalue weighted by molar-refractivity contribution is -0.206. The van der Waals surface area contributed by atoms with Crippen LogP contribution in [0.3, 0.4) is 0 Å². The molecule has 34 heavy (non-hydrogen) atoms. The second-order valence-electron chi connectivity index (χ2n) is 14.5. The minimum absolute atomic E-state index is 0.0676. The van der Waals surface area contributed by atoms with Crippen molar-refractivity contribution in [3.63, 3.8) is 0 Å². The maximum atomic E-state index is 11.7. The summed E-state index contributed by atoms with van der Waals surface area (Å²) in [5.74, 6) is 1.44. The van der Waals surface area contributed by atoms with Crippen molar-refractivity contribution in [1.82, 2.24) is 0 Å².